The number of methoxy groups -OCH3 is 1. The molecule has 0 aliphatic carbocycles. The molecule has 10 heteroatoms. The van der Waals surface area contributed by atoms with E-state index in [4.69, 9.17) is 9.15 Å². The Bertz CT molecular complexity index is 1780. The van der Waals surface area contributed by atoms with Gasteiger partial charge < -0.3 is 18.8 Å². The number of fused-ring (bicyclic) bond motifs is 3. The normalized spacial score (nSPS) is 11.8. The maximum absolute atomic E-state index is 13.7. The van der Waals surface area contributed by atoms with Gasteiger partial charge in [0.25, 0.3) is 5.56 Å². The van der Waals surface area contributed by atoms with E-state index in [9.17, 15) is 27.9 Å². The first-order chi connectivity index (χ1) is 17.7. The van der Waals surface area contributed by atoms with Crippen LogP contribution < -0.4 is 15.9 Å². The number of nitrogens with zero attached hydrogens (tertiary/aromatic N) is 1. The number of benzene rings is 3. The van der Waals surface area contributed by atoms with Crippen molar-refractivity contribution >= 4 is 33.6 Å². The van der Waals surface area contributed by atoms with Crippen molar-refractivity contribution < 1.29 is 27.4 Å². The zero-order valence-corrected chi connectivity index (χ0v) is 20.0. The summed E-state index contributed by atoms with van der Waals surface area (Å²) in [5.74, 6) is -0.0959. The fourth-order valence-electron chi connectivity index (χ4n) is 4.15. The van der Waals surface area contributed by atoms with E-state index in [-0.39, 0.29) is 27.3 Å². The summed E-state index contributed by atoms with van der Waals surface area (Å²) < 4.78 is 51.8. The second-order valence-corrected chi connectivity index (χ2v) is 9.20. The van der Waals surface area contributed by atoms with Crippen LogP contribution in [0.25, 0.3) is 21.9 Å². The number of rotatable bonds is 5. The number of alkyl halides is 3. The van der Waals surface area contributed by atoms with E-state index in [1.54, 1.807) is 48.5 Å². The average Bonchev–Trinajstić information content (AvgIpc) is 2.88. The molecule has 0 saturated heterocycles. The molecule has 0 unspecified atom stereocenters. The first kappa shape index (κ1) is 24.5. The molecule has 0 bridgehead atoms. The molecule has 2 heterocycles. The van der Waals surface area contributed by atoms with Gasteiger partial charge in [0.15, 0.2) is 11.3 Å². The van der Waals surface area contributed by atoms with Gasteiger partial charge in [-0.3, -0.25) is 4.79 Å². The first-order valence-corrected chi connectivity index (χ1v) is 11.8. The van der Waals surface area contributed by atoms with E-state index in [0.717, 1.165) is 12.1 Å². The molecule has 1 N–H and O–H groups in total. The molecular weight excluding hydrogens is 507 g/mol. The molecule has 0 radical (unpaired) electrons. The third kappa shape index (κ3) is 4.44. The fraction of sp³-hybridized carbons (Fsp3) is 0.111. The van der Waals surface area contributed by atoms with Gasteiger partial charge in [-0.05, 0) is 36.4 Å². The molecule has 0 amide bonds. The van der Waals surface area contributed by atoms with Crippen molar-refractivity contribution in [3.63, 3.8) is 0 Å². The Morgan fingerprint density at radius 3 is 2.49 bits per heavy atom. The monoisotopic (exact) mass is 525 g/mol. The summed E-state index contributed by atoms with van der Waals surface area (Å²) in [6.45, 7) is 0.0912. The Hall–Kier alpha value is -4.18. The number of aromatic nitrogens is 1. The molecule has 2 aromatic heterocycles. The number of ether oxygens (including phenoxy) is 1. The number of hydrogen-bond donors (Lipinski definition) is 1. The number of aromatic hydroxyl groups is 1. The van der Waals surface area contributed by atoms with E-state index in [1.807, 2.05) is 0 Å². The quantitative estimate of drug-likeness (QED) is 0.282. The lowest BCUT2D eigenvalue weighted by molar-refractivity contribution is -0.137. The highest BCUT2D eigenvalue weighted by Crippen LogP contribution is 2.39. The van der Waals surface area contributed by atoms with Crippen LogP contribution in [0.15, 0.2) is 96.6 Å². The number of pyridine rings is 1. The highest BCUT2D eigenvalue weighted by atomic mass is 32.2. The Kier molecular flexibility index (Phi) is 6.20. The molecule has 0 fully saturated rings. The van der Waals surface area contributed by atoms with Crippen molar-refractivity contribution in [1.82, 2.24) is 4.57 Å². The lowest BCUT2D eigenvalue weighted by Crippen LogP contribution is -2.23. The predicted octanol–water partition coefficient (Wildman–Crippen LogP) is 6.04. The van der Waals surface area contributed by atoms with Gasteiger partial charge in [-0.2, -0.15) is 13.2 Å². The maximum atomic E-state index is 13.7. The van der Waals surface area contributed by atoms with Crippen molar-refractivity contribution in [2.45, 2.75) is 22.5 Å². The molecule has 3 aromatic carbocycles. The van der Waals surface area contributed by atoms with Crippen LogP contribution in [0.5, 0.6) is 11.5 Å². The van der Waals surface area contributed by atoms with E-state index in [1.165, 1.54) is 23.8 Å². The second kappa shape index (κ2) is 9.36. The van der Waals surface area contributed by atoms with Crippen molar-refractivity contribution in [1.29, 1.82) is 0 Å². The summed E-state index contributed by atoms with van der Waals surface area (Å²) >= 11 is 0.592. The standard InChI is InChI=1S/C27H18F3NO5S/c1-35-20-12-5-2-7-15(20)14-31-19-11-4-3-10-18(19)23-21(25(31)33)22(32)24(26(34)36-23)37-17-9-6-8-16(13-17)27(28,29)30/h2-13,32H,14H2,1H3. The topological polar surface area (TPSA) is 81.7 Å². The Balaban J connectivity index is 1.73. The van der Waals surface area contributed by atoms with Gasteiger partial charge in [-0.1, -0.05) is 48.2 Å². The van der Waals surface area contributed by atoms with Crippen LogP contribution in [0.3, 0.4) is 0 Å². The van der Waals surface area contributed by atoms with Gasteiger partial charge in [0.2, 0.25) is 0 Å². The largest absolute Gasteiger partial charge is 0.505 e. The summed E-state index contributed by atoms with van der Waals surface area (Å²) in [6.07, 6.45) is -4.59. The molecule has 0 saturated carbocycles. The third-order valence-corrected chi connectivity index (χ3v) is 6.91. The summed E-state index contributed by atoms with van der Waals surface area (Å²) in [5.41, 5.74) is -1.45. The van der Waals surface area contributed by atoms with Crippen molar-refractivity contribution in [2.24, 2.45) is 0 Å². The van der Waals surface area contributed by atoms with Gasteiger partial charge >= 0.3 is 11.8 Å². The van der Waals surface area contributed by atoms with E-state index in [2.05, 4.69) is 0 Å². The molecule has 0 aliphatic heterocycles. The zero-order chi connectivity index (χ0) is 26.3. The molecule has 5 rings (SSSR count). The highest BCUT2D eigenvalue weighted by molar-refractivity contribution is 7.99. The van der Waals surface area contributed by atoms with Gasteiger partial charge in [-0.25, -0.2) is 4.79 Å². The first-order valence-electron chi connectivity index (χ1n) is 11.0. The van der Waals surface area contributed by atoms with Crippen LogP contribution in [0.1, 0.15) is 11.1 Å². The lowest BCUT2D eigenvalue weighted by atomic mass is 10.1. The van der Waals surface area contributed by atoms with Crippen molar-refractivity contribution in [3.05, 3.63) is 105 Å². The maximum Gasteiger partial charge on any atom is 0.416 e. The van der Waals surface area contributed by atoms with Gasteiger partial charge in [-0.15, -0.1) is 0 Å². The van der Waals surface area contributed by atoms with Crippen LogP contribution in [-0.2, 0) is 12.7 Å². The number of para-hydroxylation sites is 2. The molecule has 0 aliphatic rings. The molecule has 5 aromatic rings. The molecule has 0 spiro atoms. The van der Waals surface area contributed by atoms with Crippen molar-refractivity contribution in [2.75, 3.05) is 7.11 Å². The molecule has 37 heavy (non-hydrogen) atoms. The number of halogens is 3. The molecule has 0 atom stereocenters. The average molecular weight is 526 g/mol. The van der Waals surface area contributed by atoms with Crippen LogP contribution in [-0.4, -0.2) is 16.8 Å². The van der Waals surface area contributed by atoms with E-state index >= 15 is 0 Å². The summed E-state index contributed by atoms with van der Waals surface area (Å²) in [6, 6.07) is 18.2. The van der Waals surface area contributed by atoms with Crippen LogP contribution >= 0.6 is 11.8 Å². The molecule has 6 nitrogen and oxygen atoms in total. The van der Waals surface area contributed by atoms with Gasteiger partial charge in [0, 0.05) is 15.8 Å². The SMILES string of the molecule is COc1ccccc1Cn1c(=O)c2c(O)c(Sc3cccc(C(F)(F)F)c3)c(=O)oc2c2ccccc21. The van der Waals surface area contributed by atoms with Gasteiger partial charge in [0.05, 0.1) is 24.7 Å². The Morgan fingerprint density at radius 2 is 1.73 bits per heavy atom. The lowest BCUT2D eigenvalue weighted by Gasteiger charge is -2.15. The molecule has 188 valence electrons. The zero-order valence-electron chi connectivity index (χ0n) is 19.2. The van der Waals surface area contributed by atoms with E-state index in [0.29, 0.717) is 34.0 Å². The third-order valence-electron chi connectivity index (χ3n) is 5.86. The van der Waals surface area contributed by atoms with Crippen LogP contribution in [0, 0.1) is 0 Å². The van der Waals surface area contributed by atoms with Gasteiger partial charge in [0.1, 0.15) is 16.0 Å². The minimum absolute atomic E-state index is 0.0481. The summed E-state index contributed by atoms with van der Waals surface area (Å²) in [5, 5.41) is 11.3. The molecular formula is C27H18F3NO5S. The summed E-state index contributed by atoms with van der Waals surface area (Å²) in [7, 11) is 1.51. The second-order valence-electron chi connectivity index (χ2n) is 8.12. The van der Waals surface area contributed by atoms with E-state index < -0.39 is 28.7 Å². The van der Waals surface area contributed by atoms with Crippen LogP contribution in [0.4, 0.5) is 13.2 Å². The predicted molar refractivity (Wildman–Crippen MR) is 134 cm³/mol. The summed E-state index contributed by atoms with van der Waals surface area (Å²) in [4.78, 5) is 26.2. The minimum atomic E-state index is -4.59. The van der Waals surface area contributed by atoms with Crippen LogP contribution in [0.2, 0.25) is 0 Å². The number of hydrogen-bond acceptors (Lipinski definition) is 6. The minimum Gasteiger partial charge on any atom is -0.505 e. The Labute approximate surface area is 211 Å². The van der Waals surface area contributed by atoms with Crippen molar-refractivity contribution in [3.8, 4) is 11.5 Å². The fourth-order valence-corrected chi connectivity index (χ4v) is 5.04. The smallest absolute Gasteiger partial charge is 0.416 e. The Morgan fingerprint density at radius 1 is 1.00 bits per heavy atom. The highest BCUT2D eigenvalue weighted by Gasteiger charge is 2.31.